The monoisotopic (exact) mass is 301 g/mol. The predicted molar refractivity (Wildman–Crippen MR) is 78.2 cm³/mol. The lowest BCUT2D eigenvalue weighted by Gasteiger charge is -2.02. The molecular weight excluding hydrogens is 294 g/mol. The van der Waals surface area contributed by atoms with E-state index in [9.17, 15) is 0 Å². The van der Waals surface area contributed by atoms with Crippen LogP contribution in [0, 0.1) is 0 Å². The molecule has 0 bridgehead atoms. The van der Waals surface area contributed by atoms with Gasteiger partial charge in [-0.05, 0) is 12.1 Å². The summed E-state index contributed by atoms with van der Waals surface area (Å²) in [6.45, 7) is 0. The first kappa shape index (κ1) is 11.7. The maximum absolute atomic E-state index is 6.01. The van der Waals surface area contributed by atoms with E-state index in [1.54, 1.807) is 22.3 Å². The Kier molecular flexibility index (Phi) is 2.64. The molecule has 5 nitrogen and oxygen atoms in total. The molecule has 0 amide bonds. The smallest absolute Gasteiger partial charge is 0.254 e. The number of hydrogen-bond donors (Lipinski definition) is 1. The van der Waals surface area contributed by atoms with Crippen LogP contribution in [0.25, 0.3) is 16.7 Å². The maximum atomic E-state index is 6.01. The van der Waals surface area contributed by atoms with Gasteiger partial charge in [-0.2, -0.15) is 19.6 Å². The second-order valence-corrected chi connectivity index (χ2v) is 5.66. The van der Waals surface area contributed by atoms with Gasteiger partial charge in [-0.15, -0.1) is 0 Å². The SMILES string of the molecule is Clc1cc(Sc2cc3ccccc3[nH]2)n2ncnc2n1. The molecular formula is C13H8ClN5S. The summed E-state index contributed by atoms with van der Waals surface area (Å²) in [5.41, 5.74) is 1.10. The normalized spacial score (nSPS) is 11.4. The van der Waals surface area contributed by atoms with Crippen molar-refractivity contribution in [1.82, 2.24) is 24.6 Å². The van der Waals surface area contributed by atoms with Crippen molar-refractivity contribution < 1.29 is 0 Å². The summed E-state index contributed by atoms with van der Waals surface area (Å²) in [6, 6.07) is 12.0. The maximum Gasteiger partial charge on any atom is 0.254 e. The molecule has 0 aliphatic heterocycles. The van der Waals surface area contributed by atoms with Crippen molar-refractivity contribution in [2.45, 2.75) is 10.1 Å². The zero-order valence-electron chi connectivity index (χ0n) is 10.1. The fourth-order valence-electron chi connectivity index (χ4n) is 2.05. The van der Waals surface area contributed by atoms with Crippen LogP contribution in [0.4, 0.5) is 0 Å². The van der Waals surface area contributed by atoms with E-state index in [0.717, 1.165) is 15.6 Å². The topological polar surface area (TPSA) is 58.9 Å². The molecule has 3 heterocycles. The van der Waals surface area contributed by atoms with E-state index in [1.807, 2.05) is 18.2 Å². The Morgan fingerprint density at radius 3 is 3.00 bits per heavy atom. The summed E-state index contributed by atoms with van der Waals surface area (Å²) in [4.78, 5) is 11.5. The number of hydrogen-bond acceptors (Lipinski definition) is 4. The van der Waals surface area contributed by atoms with Crippen molar-refractivity contribution in [2.75, 3.05) is 0 Å². The van der Waals surface area contributed by atoms with Crippen LogP contribution in [0.5, 0.6) is 0 Å². The Hall–Kier alpha value is -2.05. The van der Waals surface area contributed by atoms with Crippen molar-refractivity contribution >= 4 is 40.0 Å². The Labute approximate surface area is 123 Å². The van der Waals surface area contributed by atoms with Gasteiger partial charge in [-0.1, -0.05) is 41.6 Å². The van der Waals surface area contributed by atoms with Crippen molar-refractivity contribution in [1.29, 1.82) is 0 Å². The molecule has 0 saturated carbocycles. The van der Waals surface area contributed by atoms with Crippen LogP contribution in [0.1, 0.15) is 0 Å². The number of aromatic amines is 1. The molecule has 4 rings (SSSR count). The summed E-state index contributed by atoms with van der Waals surface area (Å²) in [7, 11) is 0. The van der Waals surface area contributed by atoms with Crippen molar-refractivity contribution in [3.05, 3.63) is 47.9 Å². The van der Waals surface area contributed by atoms with Crippen LogP contribution in [0.2, 0.25) is 5.15 Å². The predicted octanol–water partition coefficient (Wildman–Crippen LogP) is 3.41. The second kappa shape index (κ2) is 4.50. The quantitative estimate of drug-likeness (QED) is 0.576. The number of nitrogens with one attached hydrogen (secondary N) is 1. The van der Waals surface area contributed by atoms with E-state index in [2.05, 4.69) is 32.2 Å². The minimum Gasteiger partial charge on any atom is -0.349 e. The molecule has 0 fully saturated rings. The average Bonchev–Trinajstić information content (AvgIpc) is 3.03. The molecule has 0 unspecified atom stereocenters. The number of halogens is 1. The van der Waals surface area contributed by atoms with Gasteiger partial charge in [0.2, 0.25) is 0 Å². The molecule has 4 aromatic rings. The lowest BCUT2D eigenvalue weighted by Crippen LogP contribution is -1.95. The first-order chi connectivity index (χ1) is 9.79. The van der Waals surface area contributed by atoms with Crippen molar-refractivity contribution in [3.8, 4) is 0 Å². The highest BCUT2D eigenvalue weighted by atomic mass is 35.5. The van der Waals surface area contributed by atoms with Gasteiger partial charge < -0.3 is 4.98 Å². The fraction of sp³-hybridized carbons (Fsp3) is 0. The summed E-state index contributed by atoms with van der Waals surface area (Å²) >= 11 is 7.55. The Bertz CT molecular complexity index is 880. The summed E-state index contributed by atoms with van der Waals surface area (Å²) < 4.78 is 1.67. The number of nitrogens with zero attached hydrogens (tertiary/aromatic N) is 4. The van der Waals surface area contributed by atoms with Gasteiger partial charge in [0.1, 0.15) is 16.5 Å². The van der Waals surface area contributed by atoms with Gasteiger partial charge in [0.05, 0.1) is 5.03 Å². The van der Waals surface area contributed by atoms with Gasteiger partial charge in [-0.3, -0.25) is 0 Å². The van der Waals surface area contributed by atoms with E-state index in [1.165, 1.54) is 11.7 Å². The Morgan fingerprint density at radius 2 is 2.10 bits per heavy atom. The lowest BCUT2D eigenvalue weighted by atomic mass is 10.3. The second-order valence-electron chi connectivity index (χ2n) is 4.21. The Balaban J connectivity index is 1.81. The van der Waals surface area contributed by atoms with Gasteiger partial charge >= 0.3 is 0 Å². The fourth-order valence-corrected chi connectivity index (χ4v) is 3.25. The molecule has 0 aliphatic carbocycles. The minimum atomic E-state index is 0.407. The first-order valence-electron chi connectivity index (χ1n) is 5.91. The van der Waals surface area contributed by atoms with E-state index in [0.29, 0.717) is 10.9 Å². The molecule has 1 aromatic carbocycles. The summed E-state index contributed by atoms with van der Waals surface area (Å²) in [6.07, 6.45) is 1.47. The third kappa shape index (κ3) is 1.93. The molecule has 1 N–H and O–H groups in total. The zero-order chi connectivity index (χ0) is 13.5. The summed E-state index contributed by atoms with van der Waals surface area (Å²) in [5, 5.41) is 7.62. The molecule has 0 spiro atoms. The Morgan fingerprint density at radius 1 is 1.20 bits per heavy atom. The van der Waals surface area contributed by atoms with Crippen LogP contribution in [0.15, 0.2) is 52.8 Å². The zero-order valence-corrected chi connectivity index (χ0v) is 11.7. The minimum absolute atomic E-state index is 0.407. The highest BCUT2D eigenvalue weighted by Gasteiger charge is 2.09. The molecule has 0 aliphatic rings. The highest BCUT2D eigenvalue weighted by molar-refractivity contribution is 7.99. The third-order valence-electron chi connectivity index (χ3n) is 2.91. The van der Waals surface area contributed by atoms with Crippen LogP contribution in [-0.2, 0) is 0 Å². The standard InChI is InChI=1S/C13H8ClN5S/c14-10-6-12(19-13(18-10)15-7-16-19)20-11-5-8-3-1-2-4-9(8)17-11/h1-7,17H. The van der Waals surface area contributed by atoms with Gasteiger partial charge in [0.15, 0.2) is 0 Å². The van der Waals surface area contributed by atoms with Crippen molar-refractivity contribution in [2.24, 2.45) is 0 Å². The van der Waals surface area contributed by atoms with Gasteiger partial charge in [0.25, 0.3) is 5.78 Å². The van der Waals surface area contributed by atoms with Crippen LogP contribution in [-0.4, -0.2) is 24.6 Å². The lowest BCUT2D eigenvalue weighted by molar-refractivity contribution is 0.841. The first-order valence-corrected chi connectivity index (χ1v) is 7.11. The van der Waals surface area contributed by atoms with Gasteiger partial charge in [-0.25, -0.2) is 0 Å². The van der Waals surface area contributed by atoms with Gasteiger partial charge in [0, 0.05) is 17.0 Å². The largest absolute Gasteiger partial charge is 0.349 e. The number of para-hydroxylation sites is 1. The molecule has 3 aromatic heterocycles. The van der Waals surface area contributed by atoms with E-state index in [-0.39, 0.29) is 0 Å². The summed E-state index contributed by atoms with van der Waals surface area (Å²) in [5.74, 6) is 0.496. The highest BCUT2D eigenvalue weighted by Crippen LogP contribution is 2.30. The third-order valence-corrected chi connectivity index (χ3v) is 4.04. The van der Waals surface area contributed by atoms with E-state index < -0.39 is 0 Å². The number of aromatic nitrogens is 5. The van der Waals surface area contributed by atoms with Crippen LogP contribution < -0.4 is 0 Å². The number of benzene rings is 1. The molecule has 0 radical (unpaired) electrons. The number of fused-ring (bicyclic) bond motifs is 2. The van der Waals surface area contributed by atoms with Crippen molar-refractivity contribution in [3.63, 3.8) is 0 Å². The molecule has 7 heteroatoms. The molecule has 98 valence electrons. The molecule has 0 saturated heterocycles. The van der Waals surface area contributed by atoms with Crippen LogP contribution in [0.3, 0.4) is 0 Å². The number of rotatable bonds is 2. The molecule has 20 heavy (non-hydrogen) atoms. The molecule has 0 atom stereocenters. The van der Waals surface area contributed by atoms with E-state index in [4.69, 9.17) is 11.6 Å². The van der Waals surface area contributed by atoms with Crippen LogP contribution >= 0.6 is 23.4 Å². The van der Waals surface area contributed by atoms with E-state index >= 15 is 0 Å². The number of H-pyrrole nitrogens is 1. The average molecular weight is 302 g/mol.